The van der Waals surface area contributed by atoms with E-state index in [0.717, 1.165) is 44.4 Å². The first kappa shape index (κ1) is 17.0. The van der Waals surface area contributed by atoms with Gasteiger partial charge in [-0.15, -0.1) is 12.4 Å². The third-order valence-corrected chi connectivity index (χ3v) is 4.57. The van der Waals surface area contributed by atoms with E-state index in [1.165, 1.54) is 18.4 Å². The molecule has 0 radical (unpaired) electrons. The lowest BCUT2D eigenvalue weighted by atomic mass is 9.97. The Hall–Kier alpha value is -0.320. The number of hydrogen-bond acceptors (Lipinski definition) is 3. The molecule has 0 bridgehead atoms. The molecule has 2 saturated heterocycles. The minimum Gasteiger partial charge on any atom is -0.381 e. The van der Waals surface area contributed by atoms with Gasteiger partial charge in [0, 0.05) is 43.9 Å². The largest absolute Gasteiger partial charge is 0.381 e. The van der Waals surface area contributed by atoms with Crippen molar-refractivity contribution in [1.29, 1.82) is 0 Å². The van der Waals surface area contributed by atoms with Gasteiger partial charge in [0.05, 0.1) is 6.61 Å². The maximum Gasteiger partial charge on any atom is 0.0506 e. The molecule has 1 aromatic carbocycles. The Morgan fingerprint density at radius 2 is 2.29 bits per heavy atom. The molecule has 2 unspecified atom stereocenters. The normalized spacial score (nSPS) is 27.1. The van der Waals surface area contributed by atoms with E-state index >= 15 is 0 Å². The van der Waals surface area contributed by atoms with Crippen molar-refractivity contribution < 1.29 is 4.74 Å². The molecule has 1 N–H and O–H groups in total. The first-order valence-corrected chi connectivity index (χ1v) is 7.99. The maximum atomic E-state index is 6.14. The van der Waals surface area contributed by atoms with Crippen LogP contribution in [0.1, 0.15) is 24.4 Å². The number of ether oxygens (including phenoxy) is 1. The fourth-order valence-electron chi connectivity index (χ4n) is 3.29. The lowest BCUT2D eigenvalue weighted by Gasteiger charge is -2.39. The second-order valence-electron chi connectivity index (χ2n) is 5.85. The van der Waals surface area contributed by atoms with Gasteiger partial charge in [-0.25, -0.2) is 0 Å². The van der Waals surface area contributed by atoms with Gasteiger partial charge in [0.15, 0.2) is 0 Å². The number of nitrogens with one attached hydrogen (secondary N) is 1. The molecule has 3 rings (SSSR count). The summed E-state index contributed by atoms with van der Waals surface area (Å²) in [6.45, 7) is 6.19. The highest BCUT2D eigenvalue weighted by molar-refractivity contribution is 6.30. The zero-order valence-electron chi connectivity index (χ0n) is 12.3. The number of rotatable bonds is 3. The van der Waals surface area contributed by atoms with Crippen molar-refractivity contribution in [3.8, 4) is 0 Å². The Bertz CT molecular complexity index is 438. The lowest BCUT2D eigenvalue weighted by Crippen LogP contribution is -2.48. The molecular formula is C16H24Cl2N2O. The van der Waals surface area contributed by atoms with Crippen LogP contribution in [-0.4, -0.2) is 44.3 Å². The summed E-state index contributed by atoms with van der Waals surface area (Å²) < 4.78 is 5.62. The fraction of sp³-hybridized carbons (Fsp3) is 0.625. The molecule has 5 heteroatoms. The van der Waals surface area contributed by atoms with Crippen molar-refractivity contribution in [3.63, 3.8) is 0 Å². The molecule has 2 aliphatic rings. The summed E-state index contributed by atoms with van der Waals surface area (Å²) in [4.78, 5) is 2.60. The van der Waals surface area contributed by atoms with Crippen molar-refractivity contribution in [1.82, 2.24) is 10.2 Å². The monoisotopic (exact) mass is 330 g/mol. The van der Waals surface area contributed by atoms with Gasteiger partial charge < -0.3 is 10.1 Å². The fourth-order valence-corrected chi connectivity index (χ4v) is 3.49. The van der Waals surface area contributed by atoms with Crippen LogP contribution >= 0.6 is 24.0 Å². The van der Waals surface area contributed by atoms with E-state index in [9.17, 15) is 0 Å². The quantitative estimate of drug-likeness (QED) is 0.921. The van der Waals surface area contributed by atoms with Crippen LogP contribution in [0.15, 0.2) is 24.3 Å². The van der Waals surface area contributed by atoms with Crippen molar-refractivity contribution in [2.45, 2.75) is 18.9 Å². The van der Waals surface area contributed by atoms with Crippen LogP contribution in [0, 0.1) is 5.92 Å². The van der Waals surface area contributed by atoms with Crippen LogP contribution in [0.25, 0.3) is 0 Å². The summed E-state index contributed by atoms with van der Waals surface area (Å²) in [5, 5.41) is 4.33. The molecule has 2 heterocycles. The van der Waals surface area contributed by atoms with E-state index in [0.29, 0.717) is 12.0 Å². The smallest absolute Gasteiger partial charge is 0.0506 e. The summed E-state index contributed by atoms with van der Waals surface area (Å²) in [6.07, 6.45) is 2.50. The minimum atomic E-state index is 0. The summed E-state index contributed by atoms with van der Waals surface area (Å²) in [5.41, 5.74) is 1.32. The van der Waals surface area contributed by atoms with Gasteiger partial charge in [0.1, 0.15) is 0 Å². The zero-order chi connectivity index (χ0) is 13.8. The van der Waals surface area contributed by atoms with E-state index in [-0.39, 0.29) is 12.4 Å². The molecule has 0 aromatic heterocycles. The van der Waals surface area contributed by atoms with Crippen LogP contribution in [0.2, 0.25) is 5.02 Å². The van der Waals surface area contributed by atoms with Gasteiger partial charge >= 0.3 is 0 Å². The first-order chi connectivity index (χ1) is 9.83. The molecule has 2 atom stereocenters. The number of hydrogen-bond donors (Lipinski definition) is 1. The molecule has 0 saturated carbocycles. The Morgan fingerprint density at radius 1 is 1.38 bits per heavy atom. The van der Waals surface area contributed by atoms with E-state index in [1.54, 1.807) is 0 Å². The van der Waals surface area contributed by atoms with Gasteiger partial charge in [-0.1, -0.05) is 23.7 Å². The Balaban J connectivity index is 0.00000161. The summed E-state index contributed by atoms with van der Waals surface area (Å²) in [7, 11) is 0. The molecule has 0 aliphatic carbocycles. The maximum absolute atomic E-state index is 6.14. The minimum absolute atomic E-state index is 0. The summed E-state index contributed by atoms with van der Waals surface area (Å²) in [6, 6.07) is 8.72. The predicted octanol–water partition coefficient (Wildman–Crippen LogP) is 3.13. The summed E-state index contributed by atoms with van der Waals surface area (Å²) in [5.74, 6) is 0.684. The summed E-state index contributed by atoms with van der Waals surface area (Å²) >= 11 is 6.14. The number of benzene rings is 1. The lowest BCUT2D eigenvalue weighted by molar-refractivity contribution is 0.0265. The van der Waals surface area contributed by atoms with Crippen LogP contribution in [0.3, 0.4) is 0 Å². The van der Waals surface area contributed by atoms with Gasteiger partial charge in [-0.2, -0.15) is 0 Å². The van der Waals surface area contributed by atoms with Gasteiger partial charge in [-0.3, -0.25) is 4.90 Å². The molecule has 2 aliphatic heterocycles. The van der Waals surface area contributed by atoms with Gasteiger partial charge in [0.2, 0.25) is 0 Å². The average Bonchev–Trinajstić information content (AvgIpc) is 2.49. The third kappa shape index (κ3) is 4.57. The van der Waals surface area contributed by atoms with Crippen molar-refractivity contribution in [2.75, 3.05) is 39.4 Å². The number of nitrogens with zero attached hydrogens (tertiary/aromatic N) is 1. The van der Waals surface area contributed by atoms with Gasteiger partial charge in [-0.05, 0) is 36.5 Å². The highest BCUT2D eigenvalue weighted by Crippen LogP contribution is 2.27. The van der Waals surface area contributed by atoms with Crippen molar-refractivity contribution in [3.05, 3.63) is 34.9 Å². The van der Waals surface area contributed by atoms with E-state index in [1.807, 2.05) is 12.1 Å². The highest BCUT2D eigenvalue weighted by atomic mass is 35.5. The highest BCUT2D eigenvalue weighted by Gasteiger charge is 2.27. The van der Waals surface area contributed by atoms with Crippen LogP contribution < -0.4 is 5.32 Å². The third-order valence-electron chi connectivity index (χ3n) is 4.34. The van der Waals surface area contributed by atoms with Crippen LogP contribution in [-0.2, 0) is 4.74 Å². The van der Waals surface area contributed by atoms with E-state index in [4.69, 9.17) is 16.3 Å². The second kappa shape index (κ2) is 8.35. The van der Waals surface area contributed by atoms with Gasteiger partial charge in [0.25, 0.3) is 0 Å². The molecule has 2 fully saturated rings. The molecule has 3 nitrogen and oxygen atoms in total. The Kier molecular flexibility index (Phi) is 6.77. The predicted molar refractivity (Wildman–Crippen MR) is 89.4 cm³/mol. The number of halogens is 2. The topological polar surface area (TPSA) is 24.5 Å². The molecule has 21 heavy (non-hydrogen) atoms. The first-order valence-electron chi connectivity index (χ1n) is 7.61. The molecule has 118 valence electrons. The molecule has 0 spiro atoms. The van der Waals surface area contributed by atoms with Crippen molar-refractivity contribution in [2.24, 2.45) is 5.92 Å². The SMILES string of the molecule is Cl.Clc1cccc(C2CNCCN2CC2CCCOC2)c1. The van der Waals surface area contributed by atoms with E-state index < -0.39 is 0 Å². The van der Waals surface area contributed by atoms with E-state index in [2.05, 4.69) is 22.3 Å². The molecular weight excluding hydrogens is 307 g/mol. The standard InChI is InChI=1S/C16H23ClN2O.ClH/c17-15-5-1-4-14(9-15)16-10-18-6-7-19(16)11-13-3-2-8-20-12-13;/h1,4-5,9,13,16,18H,2-3,6-8,10-12H2;1H. The molecule has 1 aromatic rings. The average molecular weight is 331 g/mol. The molecule has 0 amide bonds. The Labute approximate surface area is 138 Å². The van der Waals surface area contributed by atoms with Crippen molar-refractivity contribution >= 4 is 24.0 Å². The second-order valence-corrected chi connectivity index (χ2v) is 6.29. The number of piperazine rings is 1. The zero-order valence-corrected chi connectivity index (χ0v) is 13.8. The van der Waals surface area contributed by atoms with Crippen LogP contribution in [0.4, 0.5) is 0 Å². The Morgan fingerprint density at radius 3 is 3.05 bits per heavy atom. The van der Waals surface area contributed by atoms with Crippen LogP contribution in [0.5, 0.6) is 0 Å².